The van der Waals surface area contributed by atoms with Crippen molar-refractivity contribution in [2.75, 3.05) is 0 Å². The monoisotopic (exact) mass is 286 g/mol. The molecule has 6 nitrogen and oxygen atoms in total. The van der Waals surface area contributed by atoms with Gasteiger partial charge in [0.25, 0.3) is 0 Å². The fraction of sp³-hybridized carbons (Fsp3) is 0. The van der Waals surface area contributed by atoms with Gasteiger partial charge in [-0.2, -0.15) is 0 Å². The van der Waals surface area contributed by atoms with E-state index in [2.05, 4.69) is 4.98 Å². The summed E-state index contributed by atoms with van der Waals surface area (Å²) in [5.74, 6) is -0.966. The number of carbonyl (C=O) groups is 1. The summed E-state index contributed by atoms with van der Waals surface area (Å²) in [6.07, 6.45) is 0. The van der Waals surface area contributed by atoms with Gasteiger partial charge in [0.15, 0.2) is 5.69 Å². The van der Waals surface area contributed by atoms with Crippen LogP contribution in [0, 0.1) is 0 Å². The lowest BCUT2D eigenvalue weighted by Crippen LogP contribution is -2.11. The summed E-state index contributed by atoms with van der Waals surface area (Å²) in [4.78, 5) is 13.7. The highest BCUT2D eigenvalue weighted by atomic mass is 32.2. The summed E-state index contributed by atoms with van der Waals surface area (Å²) >= 11 is 1.28. The number of thiazole rings is 1. The fourth-order valence-corrected chi connectivity index (χ4v) is 1.99. The SMILES string of the molecule is NS(=O)(=O)c1ccccc1.O=C(O)c1cscn1. The third-order valence-corrected chi connectivity index (χ3v) is 3.24. The Labute approximate surface area is 108 Å². The molecule has 0 saturated heterocycles. The molecule has 0 unspecified atom stereocenters. The lowest BCUT2D eigenvalue weighted by atomic mass is 10.4. The van der Waals surface area contributed by atoms with E-state index in [1.165, 1.54) is 34.4 Å². The molecule has 96 valence electrons. The minimum Gasteiger partial charge on any atom is -0.476 e. The first-order chi connectivity index (χ1) is 8.41. The summed E-state index contributed by atoms with van der Waals surface area (Å²) < 4.78 is 21.2. The third-order valence-electron chi connectivity index (χ3n) is 1.72. The van der Waals surface area contributed by atoms with E-state index in [-0.39, 0.29) is 10.6 Å². The number of sulfonamides is 1. The van der Waals surface area contributed by atoms with Crippen molar-refractivity contribution in [3.63, 3.8) is 0 Å². The summed E-state index contributed by atoms with van der Waals surface area (Å²) in [6, 6.07) is 7.89. The predicted molar refractivity (Wildman–Crippen MR) is 66.9 cm³/mol. The first-order valence-corrected chi connectivity index (χ1v) is 7.09. The van der Waals surface area contributed by atoms with E-state index in [1.807, 2.05) is 0 Å². The van der Waals surface area contributed by atoms with Gasteiger partial charge in [0.2, 0.25) is 10.0 Å². The summed E-state index contributed by atoms with van der Waals surface area (Å²) in [6.45, 7) is 0. The standard InChI is InChI=1S/C6H7NO2S.C4H3NO2S/c7-10(8,9)6-4-2-1-3-5-6;6-4(7)3-1-8-2-5-3/h1-5H,(H2,7,8,9);1-2H,(H,6,7). The Morgan fingerprint density at radius 2 is 1.89 bits per heavy atom. The number of carboxylic acids is 1. The van der Waals surface area contributed by atoms with Crippen LogP contribution in [0.4, 0.5) is 0 Å². The second-order valence-electron chi connectivity index (χ2n) is 3.04. The maximum Gasteiger partial charge on any atom is 0.355 e. The highest BCUT2D eigenvalue weighted by molar-refractivity contribution is 7.89. The maximum absolute atomic E-state index is 10.6. The van der Waals surface area contributed by atoms with Gasteiger partial charge in [-0.05, 0) is 12.1 Å². The van der Waals surface area contributed by atoms with E-state index in [4.69, 9.17) is 10.2 Å². The highest BCUT2D eigenvalue weighted by Crippen LogP contribution is 2.03. The molecule has 8 heteroatoms. The fourth-order valence-electron chi connectivity index (χ4n) is 0.928. The highest BCUT2D eigenvalue weighted by Gasteiger charge is 2.03. The molecule has 18 heavy (non-hydrogen) atoms. The van der Waals surface area contributed by atoms with Crippen LogP contribution in [-0.4, -0.2) is 24.5 Å². The van der Waals surface area contributed by atoms with Gasteiger partial charge in [-0.15, -0.1) is 11.3 Å². The van der Waals surface area contributed by atoms with Crippen LogP contribution in [0.3, 0.4) is 0 Å². The molecule has 1 aromatic heterocycles. The lowest BCUT2D eigenvalue weighted by molar-refractivity contribution is 0.0691. The second-order valence-corrected chi connectivity index (χ2v) is 5.32. The minimum atomic E-state index is -3.50. The van der Waals surface area contributed by atoms with Crippen molar-refractivity contribution in [1.82, 2.24) is 4.98 Å². The molecule has 0 aliphatic carbocycles. The molecule has 2 aromatic rings. The van der Waals surface area contributed by atoms with Gasteiger partial charge in [-0.25, -0.2) is 23.3 Å². The summed E-state index contributed by atoms with van der Waals surface area (Å²) in [5.41, 5.74) is 1.61. The molecule has 0 aliphatic rings. The number of rotatable bonds is 2. The van der Waals surface area contributed by atoms with Gasteiger partial charge in [-0.3, -0.25) is 0 Å². The molecule has 0 atom stereocenters. The van der Waals surface area contributed by atoms with E-state index < -0.39 is 16.0 Å². The topological polar surface area (TPSA) is 110 Å². The molecule has 1 heterocycles. The molecule has 0 fully saturated rings. The van der Waals surface area contributed by atoms with E-state index in [9.17, 15) is 13.2 Å². The van der Waals surface area contributed by atoms with Crippen LogP contribution in [0.15, 0.2) is 46.1 Å². The van der Waals surface area contributed by atoms with E-state index >= 15 is 0 Å². The van der Waals surface area contributed by atoms with Gasteiger partial charge >= 0.3 is 5.97 Å². The first kappa shape index (κ1) is 14.3. The second kappa shape index (κ2) is 6.24. The van der Waals surface area contributed by atoms with Gasteiger partial charge in [0, 0.05) is 5.38 Å². The minimum absolute atomic E-state index is 0.120. The van der Waals surface area contributed by atoms with E-state index in [1.54, 1.807) is 18.2 Å². The quantitative estimate of drug-likeness (QED) is 0.861. The molecule has 0 radical (unpaired) electrons. The van der Waals surface area contributed by atoms with Crippen LogP contribution >= 0.6 is 11.3 Å². The molecule has 0 aliphatic heterocycles. The Morgan fingerprint density at radius 1 is 1.28 bits per heavy atom. The zero-order valence-electron chi connectivity index (χ0n) is 9.05. The smallest absolute Gasteiger partial charge is 0.355 e. The van der Waals surface area contributed by atoms with Crippen LogP contribution in [0.1, 0.15) is 10.5 Å². The third kappa shape index (κ3) is 4.62. The van der Waals surface area contributed by atoms with E-state index in [0.29, 0.717) is 0 Å². The normalized spacial score (nSPS) is 10.3. The van der Waals surface area contributed by atoms with Gasteiger partial charge in [-0.1, -0.05) is 18.2 Å². The van der Waals surface area contributed by atoms with Crippen LogP contribution in [0.2, 0.25) is 0 Å². The van der Waals surface area contributed by atoms with Crippen molar-refractivity contribution >= 4 is 27.3 Å². The Balaban J connectivity index is 0.000000184. The molecule has 1 aromatic carbocycles. The van der Waals surface area contributed by atoms with Crippen molar-refractivity contribution in [1.29, 1.82) is 0 Å². The Hall–Kier alpha value is -1.77. The summed E-state index contributed by atoms with van der Waals surface area (Å²) in [7, 11) is -3.50. The zero-order chi connectivity index (χ0) is 13.6. The van der Waals surface area contributed by atoms with Gasteiger partial charge in [0.1, 0.15) is 0 Å². The molecular formula is C10H10N2O4S2. The van der Waals surface area contributed by atoms with Crippen molar-refractivity contribution in [2.24, 2.45) is 5.14 Å². The zero-order valence-corrected chi connectivity index (χ0v) is 10.7. The number of hydrogen-bond acceptors (Lipinski definition) is 5. The number of benzene rings is 1. The largest absolute Gasteiger partial charge is 0.476 e. The van der Waals surface area contributed by atoms with Crippen LogP contribution < -0.4 is 5.14 Å². The maximum atomic E-state index is 10.6. The molecule has 0 saturated carbocycles. The summed E-state index contributed by atoms with van der Waals surface area (Å²) in [5, 5.41) is 14.5. The number of hydrogen-bond donors (Lipinski definition) is 2. The van der Waals surface area contributed by atoms with Crippen molar-refractivity contribution < 1.29 is 18.3 Å². The molecular weight excluding hydrogens is 276 g/mol. The number of aromatic carboxylic acids is 1. The molecule has 0 spiro atoms. The van der Waals surface area contributed by atoms with Gasteiger partial charge in [0.05, 0.1) is 10.4 Å². The average molecular weight is 286 g/mol. The first-order valence-electron chi connectivity index (χ1n) is 4.60. The molecule has 3 N–H and O–H groups in total. The van der Waals surface area contributed by atoms with Crippen LogP contribution in [0.5, 0.6) is 0 Å². The number of nitrogens with zero attached hydrogens (tertiary/aromatic N) is 1. The Morgan fingerprint density at radius 3 is 2.17 bits per heavy atom. The average Bonchev–Trinajstić information content (AvgIpc) is 2.83. The van der Waals surface area contributed by atoms with Crippen LogP contribution in [-0.2, 0) is 10.0 Å². The number of carboxylic acid groups (broad SMARTS) is 1. The van der Waals surface area contributed by atoms with Gasteiger partial charge < -0.3 is 5.11 Å². The Kier molecular flexibility index (Phi) is 4.95. The van der Waals surface area contributed by atoms with Crippen molar-refractivity contribution in [3.8, 4) is 0 Å². The Bertz CT molecular complexity index is 594. The number of aromatic nitrogens is 1. The molecule has 0 amide bonds. The number of nitrogens with two attached hydrogens (primary N) is 1. The number of primary sulfonamides is 1. The predicted octanol–water partition coefficient (Wildman–Crippen LogP) is 1.18. The van der Waals surface area contributed by atoms with Crippen LogP contribution in [0.25, 0.3) is 0 Å². The molecule has 0 bridgehead atoms. The van der Waals surface area contributed by atoms with Crippen molar-refractivity contribution in [2.45, 2.75) is 4.90 Å². The van der Waals surface area contributed by atoms with E-state index in [0.717, 1.165) is 0 Å². The lowest BCUT2D eigenvalue weighted by Gasteiger charge is -1.93. The molecule has 2 rings (SSSR count). The van der Waals surface area contributed by atoms with Crippen molar-refractivity contribution in [3.05, 3.63) is 46.9 Å².